The average Bonchev–Trinajstić information content (AvgIpc) is 2.66. The maximum absolute atomic E-state index is 5.96. The number of nitrogens with zero attached hydrogens (tertiary/aromatic N) is 1. The molecule has 0 aliphatic heterocycles. The van der Waals surface area contributed by atoms with Crippen molar-refractivity contribution in [3.05, 3.63) is 22.8 Å². The molecule has 0 bridgehead atoms. The van der Waals surface area contributed by atoms with Crippen LogP contribution in [-0.4, -0.2) is 11.6 Å². The Kier molecular flexibility index (Phi) is 5.58. The summed E-state index contributed by atoms with van der Waals surface area (Å²) in [4.78, 5) is 4.31. The molecule has 0 spiro atoms. The smallest absolute Gasteiger partial charge is 0.213 e. The van der Waals surface area contributed by atoms with Crippen LogP contribution in [0.15, 0.2) is 12.1 Å². The zero-order valence-electron chi connectivity index (χ0n) is 10.5. The first kappa shape index (κ1) is 14.0. The lowest BCUT2D eigenvalue weighted by Crippen LogP contribution is -2.12. The lowest BCUT2D eigenvalue weighted by Gasteiger charge is -2.15. The summed E-state index contributed by atoms with van der Waals surface area (Å²) in [6.07, 6.45) is 7.94. The number of rotatable bonds is 4. The first-order valence-corrected chi connectivity index (χ1v) is 7.55. The van der Waals surface area contributed by atoms with Crippen LogP contribution in [0.4, 0.5) is 0 Å². The van der Waals surface area contributed by atoms with Crippen LogP contribution in [0, 0.1) is 5.92 Å². The van der Waals surface area contributed by atoms with Crippen molar-refractivity contribution in [1.29, 1.82) is 0 Å². The molecule has 0 atom stereocenters. The van der Waals surface area contributed by atoms with Gasteiger partial charge in [0.15, 0.2) is 0 Å². The summed E-state index contributed by atoms with van der Waals surface area (Å²) in [7, 11) is 0. The summed E-state index contributed by atoms with van der Waals surface area (Å²) in [5, 5.41) is 0.604. The number of aromatic nitrogens is 1. The number of ether oxygens (including phenoxy) is 1. The van der Waals surface area contributed by atoms with Crippen molar-refractivity contribution in [3.8, 4) is 5.88 Å². The van der Waals surface area contributed by atoms with Crippen molar-refractivity contribution < 1.29 is 4.74 Å². The molecule has 4 heteroatoms. The molecule has 1 aliphatic rings. The van der Waals surface area contributed by atoms with Gasteiger partial charge in [-0.15, -0.1) is 11.6 Å². The van der Waals surface area contributed by atoms with Crippen LogP contribution < -0.4 is 4.74 Å². The highest BCUT2D eigenvalue weighted by molar-refractivity contribution is 6.32. The third kappa shape index (κ3) is 4.03. The van der Waals surface area contributed by atoms with E-state index in [1.807, 2.05) is 6.07 Å². The Labute approximate surface area is 119 Å². The molecule has 1 aromatic rings. The first-order chi connectivity index (χ1) is 8.79. The van der Waals surface area contributed by atoms with Gasteiger partial charge in [-0.1, -0.05) is 37.3 Å². The standard InChI is InChI=1S/C14H19Cl2NO/c15-9-13-12(16)7-8-14(17-13)18-10-11-5-3-1-2-4-6-11/h7-8,11H,1-6,9-10H2. The van der Waals surface area contributed by atoms with Gasteiger partial charge in [0.25, 0.3) is 0 Å². The van der Waals surface area contributed by atoms with Crippen molar-refractivity contribution in [2.24, 2.45) is 5.92 Å². The predicted octanol–water partition coefficient (Wildman–Crippen LogP) is 4.82. The summed E-state index contributed by atoms with van der Waals surface area (Å²) in [6.45, 7) is 0.760. The Bertz CT molecular complexity index is 376. The van der Waals surface area contributed by atoms with Crippen LogP contribution >= 0.6 is 23.2 Å². The number of hydrogen-bond acceptors (Lipinski definition) is 2. The molecule has 0 aromatic carbocycles. The molecular formula is C14H19Cl2NO. The second-order valence-electron chi connectivity index (χ2n) is 4.88. The van der Waals surface area contributed by atoms with Crippen LogP contribution in [0.5, 0.6) is 5.88 Å². The van der Waals surface area contributed by atoms with Gasteiger partial charge in [-0.05, 0) is 24.8 Å². The highest BCUT2D eigenvalue weighted by Crippen LogP contribution is 2.24. The van der Waals surface area contributed by atoms with Crippen molar-refractivity contribution in [2.75, 3.05) is 6.61 Å². The largest absolute Gasteiger partial charge is 0.477 e. The van der Waals surface area contributed by atoms with Gasteiger partial charge in [0.2, 0.25) is 5.88 Å². The van der Waals surface area contributed by atoms with Gasteiger partial charge < -0.3 is 4.74 Å². The van der Waals surface area contributed by atoms with Crippen LogP contribution in [0.3, 0.4) is 0 Å². The third-order valence-corrected chi connectivity index (χ3v) is 4.06. The van der Waals surface area contributed by atoms with E-state index in [1.165, 1.54) is 38.5 Å². The molecule has 18 heavy (non-hydrogen) atoms. The van der Waals surface area contributed by atoms with Crippen molar-refractivity contribution in [3.63, 3.8) is 0 Å². The molecule has 2 rings (SSSR count). The van der Waals surface area contributed by atoms with Gasteiger partial charge in [0, 0.05) is 6.07 Å². The van der Waals surface area contributed by atoms with E-state index in [9.17, 15) is 0 Å². The Balaban J connectivity index is 1.88. The van der Waals surface area contributed by atoms with Crippen molar-refractivity contribution in [2.45, 2.75) is 44.4 Å². The normalized spacial score (nSPS) is 17.4. The highest BCUT2D eigenvalue weighted by Gasteiger charge is 2.13. The minimum Gasteiger partial charge on any atom is -0.477 e. The van der Waals surface area contributed by atoms with E-state index in [-0.39, 0.29) is 0 Å². The molecule has 0 unspecified atom stereocenters. The second kappa shape index (κ2) is 7.20. The van der Waals surface area contributed by atoms with Gasteiger partial charge in [-0.25, -0.2) is 4.98 Å². The van der Waals surface area contributed by atoms with Crippen molar-refractivity contribution >= 4 is 23.2 Å². The van der Waals surface area contributed by atoms with Gasteiger partial charge >= 0.3 is 0 Å². The third-order valence-electron chi connectivity index (χ3n) is 3.46. The van der Waals surface area contributed by atoms with E-state index in [2.05, 4.69) is 4.98 Å². The Morgan fingerprint density at radius 1 is 1.17 bits per heavy atom. The maximum atomic E-state index is 5.96. The zero-order chi connectivity index (χ0) is 12.8. The van der Waals surface area contributed by atoms with Crippen LogP contribution in [0.2, 0.25) is 5.02 Å². The minimum atomic E-state index is 0.319. The zero-order valence-corrected chi connectivity index (χ0v) is 12.0. The Hall–Kier alpha value is -0.470. The highest BCUT2D eigenvalue weighted by atomic mass is 35.5. The molecule has 1 aromatic heterocycles. The van der Waals surface area contributed by atoms with Gasteiger partial charge in [-0.3, -0.25) is 0 Å². The fourth-order valence-electron chi connectivity index (χ4n) is 2.37. The fourth-order valence-corrected chi connectivity index (χ4v) is 2.82. The van der Waals surface area contributed by atoms with E-state index < -0.39 is 0 Å². The quantitative estimate of drug-likeness (QED) is 0.585. The van der Waals surface area contributed by atoms with E-state index in [0.29, 0.717) is 28.4 Å². The van der Waals surface area contributed by atoms with Crippen LogP contribution in [-0.2, 0) is 5.88 Å². The van der Waals surface area contributed by atoms with E-state index in [1.54, 1.807) is 6.07 Å². The summed E-state index contributed by atoms with van der Waals surface area (Å²) in [6, 6.07) is 3.61. The molecule has 0 radical (unpaired) electrons. The topological polar surface area (TPSA) is 22.1 Å². The van der Waals surface area contributed by atoms with Crippen LogP contribution in [0.25, 0.3) is 0 Å². The first-order valence-electron chi connectivity index (χ1n) is 6.64. The molecule has 1 saturated carbocycles. The molecule has 0 N–H and O–H groups in total. The Morgan fingerprint density at radius 2 is 1.89 bits per heavy atom. The molecule has 1 heterocycles. The number of halogens is 2. The van der Waals surface area contributed by atoms with Crippen LogP contribution in [0.1, 0.15) is 44.2 Å². The van der Waals surface area contributed by atoms with E-state index in [4.69, 9.17) is 27.9 Å². The number of pyridine rings is 1. The SMILES string of the molecule is ClCc1nc(OCC2CCCCCC2)ccc1Cl. The fraction of sp³-hybridized carbons (Fsp3) is 0.643. The Morgan fingerprint density at radius 3 is 2.56 bits per heavy atom. The lowest BCUT2D eigenvalue weighted by molar-refractivity contribution is 0.226. The molecule has 2 nitrogen and oxygen atoms in total. The van der Waals surface area contributed by atoms with Gasteiger partial charge in [-0.2, -0.15) is 0 Å². The van der Waals surface area contributed by atoms with Gasteiger partial charge in [0.05, 0.1) is 23.2 Å². The lowest BCUT2D eigenvalue weighted by atomic mass is 10.0. The maximum Gasteiger partial charge on any atom is 0.213 e. The molecule has 0 amide bonds. The summed E-state index contributed by atoms with van der Waals surface area (Å²) in [5.74, 6) is 1.63. The second-order valence-corrected chi connectivity index (χ2v) is 5.55. The van der Waals surface area contributed by atoms with E-state index in [0.717, 1.165) is 6.61 Å². The summed E-state index contributed by atoms with van der Waals surface area (Å²) in [5.41, 5.74) is 0.691. The monoisotopic (exact) mass is 287 g/mol. The molecule has 1 fully saturated rings. The molecule has 1 aliphatic carbocycles. The summed E-state index contributed by atoms with van der Waals surface area (Å²) < 4.78 is 5.77. The minimum absolute atomic E-state index is 0.319. The van der Waals surface area contributed by atoms with Crippen molar-refractivity contribution in [1.82, 2.24) is 4.98 Å². The predicted molar refractivity (Wildman–Crippen MR) is 75.5 cm³/mol. The molecule has 0 saturated heterocycles. The van der Waals surface area contributed by atoms with Gasteiger partial charge in [0.1, 0.15) is 0 Å². The average molecular weight is 288 g/mol. The van der Waals surface area contributed by atoms with E-state index >= 15 is 0 Å². The summed E-state index contributed by atoms with van der Waals surface area (Å²) >= 11 is 11.7. The molecular weight excluding hydrogens is 269 g/mol. The molecule has 100 valence electrons. The number of hydrogen-bond donors (Lipinski definition) is 0. The number of alkyl halides is 1.